The molecule has 5 heteroatoms. The molecular weight excluding hydrogens is 196 g/mol. The summed E-state index contributed by atoms with van der Waals surface area (Å²) >= 11 is 0. The van der Waals surface area contributed by atoms with Crippen LogP contribution in [0.5, 0.6) is 0 Å². The van der Waals surface area contributed by atoms with Crippen LogP contribution in [0.2, 0.25) is 0 Å². The maximum atomic E-state index is 10.5. The number of rotatable bonds is 6. The van der Waals surface area contributed by atoms with E-state index in [0.29, 0.717) is 6.04 Å². The van der Waals surface area contributed by atoms with Crippen molar-refractivity contribution in [2.24, 2.45) is 0 Å². The van der Waals surface area contributed by atoms with E-state index >= 15 is 0 Å². The van der Waals surface area contributed by atoms with Gasteiger partial charge in [-0.2, -0.15) is 0 Å². The Bertz CT molecular complexity index is 211. The summed E-state index contributed by atoms with van der Waals surface area (Å²) in [5.41, 5.74) is 0. The number of carboxylic acids is 1. The fourth-order valence-electron chi connectivity index (χ4n) is 1.94. The first kappa shape index (κ1) is 12.4. The molecule has 1 heterocycles. The van der Waals surface area contributed by atoms with Gasteiger partial charge >= 0.3 is 5.97 Å². The van der Waals surface area contributed by atoms with Crippen molar-refractivity contribution in [3.63, 3.8) is 0 Å². The first-order valence-corrected chi connectivity index (χ1v) is 5.27. The van der Waals surface area contributed by atoms with Gasteiger partial charge in [0.25, 0.3) is 0 Å². The van der Waals surface area contributed by atoms with E-state index in [0.717, 1.165) is 32.7 Å². The molecular formula is C10H20N2O3. The minimum atomic E-state index is -0.757. The lowest BCUT2D eigenvalue weighted by Crippen LogP contribution is -2.38. The number of likely N-dealkylation sites (N-methyl/N-ethyl adjacent to an activating group) is 1. The third-order valence-electron chi connectivity index (χ3n) is 2.87. The van der Waals surface area contributed by atoms with Crippen molar-refractivity contribution in [1.29, 1.82) is 0 Å². The molecule has 1 saturated heterocycles. The molecule has 5 nitrogen and oxygen atoms in total. The Morgan fingerprint density at radius 1 is 1.67 bits per heavy atom. The average molecular weight is 216 g/mol. The molecule has 1 unspecified atom stereocenters. The van der Waals surface area contributed by atoms with Crippen LogP contribution < -0.4 is 0 Å². The summed E-state index contributed by atoms with van der Waals surface area (Å²) in [6.07, 6.45) is 1.05. The zero-order chi connectivity index (χ0) is 11.3. The number of hydrogen-bond acceptors (Lipinski definition) is 4. The topological polar surface area (TPSA) is 53.0 Å². The first-order chi connectivity index (χ1) is 7.13. The van der Waals surface area contributed by atoms with Crippen molar-refractivity contribution in [3.05, 3.63) is 0 Å². The van der Waals surface area contributed by atoms with Crippen LogP contribution in [0.1, 0.15) is 6.42 Å². The van der Waals surface area contributed by atoms with Crippen molar-refractivity contribution >= 4 is 5.97 Å². The first-order valence-electron chi connectivity index (χ1n) is 5.27. The van der Waals surface area contributed by atoms with Gasteiger partial charge in [0.2, 0.25) is 0 Å². The molecule has 88 valence electrons. The fraction of sp³-hybridized carbons (Fsp3) is 0.900. The van der Waals surface area contributed by atoms with Crippen molar-refractivity contribution < 1.29 is 14.6 Å². The van der Waals surface area contributed by atoms with Crippen LogP contribution in [0.25, 0.3) is 0 Å². The Labute approximate surface area is 90.6 Å². The summed E-state index contributed by atoms with van der Waals surface area (Å²) in [7, 11) is 3.57. The van der Waals surface area contributed by atoms with Crippen LogP contribution in [0, 0.1) is 0 Å². The Hall–Kier alpha value is -0.650. The van der Waals surface area contributed by atoms with Gasteiger partial charge < -0.3 is 9.84 Å². The highest BCUT2D eigenvalue weighted by Gasteiger charge is 2.25. The van der Waals surface area contributed by atoms with Gasteiger partial charge in [-0.3, -0.25) is 14.6 Å². The molecule has 0 radical (unpaired) electrons. The molecule has 1 rings (SSSR count). The van der Waals surface area contributed by atoms with Crippen LogP contribution in [0.4, 0.5) is 0 Å². The van der Waals surface area contributed by atoms with Crippen LogP contribution in [0.15, 0.2) is 0 Å². The highest BCUT2D eigenvalue weighted by molar-refractivity contribution is 5.69. The van der Waals surface area contributed by atoms with Crippen LogP contribution in [0.3, 0.4) is 0 Å². The smallest absolute Gasteiger partial charge is 0.317 e. The van der Waals surface area contributed by atoms with Crippen LogP contribution in [-0.4, -0.2) is 73.9 Å². The molecule has 0 saturated carbocycles. The number of likely N-dealkylation sites (tertiary alicyclic amines) is 1. The second kappa shape index (κ2) is 6.05. The Kier molecular flexibility index (Phi) is 5.01. The number of ether oxygens (including phenoxy) is 1. The van der Waals surface area contributed by atoms with E-state index in [1.165, 1.54) is 0 Å². The lowest BCUT2D eigenvalue weighted by atomic mass is 10.2. The molecule has 1 aliphatic rings. The molecule has 1 fully saturated rings. The normalized spacial score (nSPS) is 22.5. The third-order valence-corrected chi connectivity index (χ3v) is 2.87. The van der Waals surface area contributed by atoms with Gasteiger partial charge in [0.05, 0.1) is 13.2 Å². The predicted molar refractivity (Wildman–Crippen MR) is 57.0 cm³/mol. The van der Waals surface area contributed by atoms with Crippen molar-refractivity contribution in [3.8, 4) is 0 Å². The maximum absolute atomic E-state index is 10.5. The molecule has 0 spiro atoms. The minimum absolute atomic E-state index is 0.128. The van der Waals surface area contributed by atoms with Gasteiger partial charge in [0.15, 0.2) is 0 Å². The summed E-state index contributed by atoms with van der Waals surface area (Å²) in [6.45, 7) is 3.80. The van der Waals surface area contributed by atoms with E-state index in [4.69, 9.17) is 9.84 Å². The van der Waals surface area contributed by atoms with Crippen LogP contribution >= 0.6 is 0 Å². The van der Waals surface area contributed by atoms with E-state index in [1.807, 2.05) is 11.9 Å². The highest BCUT2D eigenvalue weighted by atomic mass is 16.5. The van der Waals surface area contributed by atoms with Gasteiger partial charge in [0, 0.05) is 26.2 Å². The monoisotopic (exact) mass is 216 g/mol. The van der Waals surface area contributed by atoms with Crippen molar-refractivity contribution in [1.82, 2.24) is 9.80 Å². The minimum Gasteiger partial charge on any atom is -0.480 e. The molecule has 15 heavy (non-hydrogen) atoms. The van der Waals surface area contributed by atoms with Gasteiger partial charge in [-0.05, 0) is 20.0 Å². The SMILES string of the molecule is COCCN1CCC(N(C)CC(=O)O)C1. The summed E-state index contributed by atoms with van der Waals surface area (Å²) in [6, 6.07) is 0.373. The third kappa shape index (κ3) is 4.15. The number of methoxy groups -OCH3 is 1. The van der Waals surface area contributed by atoms with Crippen molar-refractivity contribution in [2.75, 3.05) is 46.9 Å². The maximum Gasteiger partial charge on any atom is 0.317 e. The van der Waals surface area contributed by atoms with Gasteiger partial charge in [-0.25, -0.2) is 0 Å². The van der Waals surface area contributed by atoms with E-state index < -0.39 is 5.97 Å². The van der Waals surface area contributed by atoms with E-state index in [9.17, 15) is 4.79 Å². The molecule has 0 amide bonds. The quantitative estimate of drug-likeness (QED) is 0.662. The molecule has 0 aromatic rings. The fourth-order valence-corrected chi connectivity index (χ4v) is 1.94. The molecule has 0 aromatic carbocycles. The summed E-state index contributed by atoms with van der Waals surface area (Å²) < 4.78 is 5.01. The molecule has 0 bridgehead atoms. The number of nitrogens with zero attached hydrogens (tertiary/aromatic N) is 2. The van der Waals surface area contributed by atoms with Gasteiger partial charge in [-0.15, -0.1) is 0 Å². The zero-order valence-electron chi connectivity index (χ0n) is 9.48. The highest BCUT2D eigenvalue weighted by Crippen LogP contribution is 2.13. The predicted octanol–water partition coefficient (Wildman–Crippen LogP) is -0.276. The zero-order valence-corrected chi connectivity index (χ0v) is 9.48. The molecule has 0 aliphatic carbocycles. The number of carbonyl (C=O) groups is 1. The number of hydrogen-bond donors (Lipinski definition) is 1. The number of carboxylic acid groups (broad SMARTS) is 1. The summed E-state index contributed by atoms with van der Waals surface area (Å²) in [5.74, 6) is -0.757. The largest absolute Gasteiger partial charge is 0.480 e. The Morgan fingerprint density at radius 2 is 2.40 bits per heavy atom. The van der Waals surface area contributed by atoms with Gasteiger partial charge in [0.1, 0.15) is 0 Å². The second-order valence-corrected chi connectivity index (χ2v) is 4.04. The summed E-state index contributed by atoms with van der Waals surface area (Å²) in [5, 5.41) is 8.68. The molecule has 1 N–H and O–H groups in total. The van der Waals surface area contributed by atoms with E-state index in [2.05, 4.69) is 4.90 Å². The lowest BCUT2D eigenvalue weighted by Gasteiger charge is -2.22. The number of aliphatic carboxylic acids is 1. The lowest BCUT2D eigenvalue weighted by molar-refractivity contribution is -0.138. The Morgan fingerprint density at radius 3 is 3.00 bits per heavy atom. The average Bonchev–Trinajstić information content (AvgIpc) is 2.62. The molecule has 0 aromatic heterocycles. The molecule has 1 atom stereocenters. The molecule has 1 aliphatic heterocycles. The van der Waals surface area contributed by atoms with Gasteiger partial charge in [-0.1, -0.05) is 0 Å². The standard InChI is InChI=1S/C10H20N2O3/c1-11(8-10(13)14)9-3-4-12(7-9)5-6-15-2/h9H,3-8H2,1-2H3,(H,13,14). The van der Waals surface area contributed by atoms with Crippen LogP contribution in [-0.2, 0) is 9.53 Å². The summed E-state index contributed by atoms with van der Waals surface area (Å²) in [4.78, 5) is 14.8. The van der Waals surface area contributed by atoms with E-state index in [1.54, 1.807) is 7.11 Å². The second-order valence-electron chi connectivity index (χ2n) is 4.04. The van der Waals surface area contributed by atoms with E-state index in [-0.39, 0.29) is 6.54 Å². The Balaban J connectivity index is 2.25. The van der Waals surface area contributed by atoms with Crippen molar-refractivity contribution in [2.45, 2.75) is 12.5 Å².